The molecule has 1 heterocycles. The Kier molecular flexibility index (Phi) is 9.44. The summed E-state index contributed by atoms with van der Waals surface area (Å²) in [4.78, 5) is 13.9. The molecule has 1 aliphatic rings. The maximum Gasteiger partial charge on any atom is 0.217 e. The Morgan fingerprint density at radius 3 is 2.42 bits per heavy atom. The summed E-state index contributed by atoms with van der Waals surface area (Å²) in [6.45, 7) is 9.95. The van der Waals surface area contributed by atoms with Gasteiger partial charge in [0.05, 0.1) is 18.2 Å². The van der Waals surface area contributed by atoms with Gasteiger partial charge in [-0.25, -0.2) is 8.78 Å². The molecular formula is C28H39F2N3O3. The lowest BCUT2D eigenvalue weighted by Gasteiger charge is -2.26. The summed E-state index contributed by atoms with van der Waals surface area (Å²) in [5, 5.41) is 26.9. The van der Waals surface area contributed by atoms with E-state index in [9.17, 15) is 23.8 Å². The number of benzene rings is 2. The second kappa shape index (κ2) is 12.1. The quantitative estimate of drug-likeness (QED) is 0.400. The van der Waals surface area contributed by atoms with E-state index >= 15 is 0 Å². The van der Waals surface area contributed by atoms with Gasteiger partial charge in [0, 0.05) is 44.9 Å². The third-order valence-corrected chi connectivity index (χ3v) is 6.28. The molecule has 3 unspecified atom stereocenters. The Hall–Kier alpha value is -2.55. The molecule has 0 aromatic heterocycles. The molecule has 1 aliphatic heterocycles. The van der Waals surface area contributed by atoms with Crippen LogP contribution in [-0.2, 0) is 24.2 Å². The van der Waals surface area contributed by atoms with Crippen molar-refractivity contribution in [3.05, 3.63) is 64.7 Å². The molecular weight excluding hydrogens is 464 g/mol. The van der Waals surface area contributed by atoms with E-state index in [0.29, 0.717) is 18.7 Å². The Morgan fingerprint density at radius 1 is 1.14 bits per heavy atom. The molecule has 0 radical (unpaired) electrons. The minimum absolute atomic E-state index is 0.0924. The lowest BCUT2D eigenvalue weighted by Crippen LogP contribution is -2.48. The van der Waals surface area contributed by atoms with Crippen LogP contribution in [0.4, 0.5) is 14.5 Å². The Morgan fingerprint density at radius 2 is 1.83 bits per heavy atom. The van der Waals surface area contributed by atoms with Crippen LogP contribution < -0.4 is 15.5 Å². The number of carbonyl (C=O) groups is 1. The van der Waals surface area contributed by atoms with Gasteiger partial charge in [-0.05, 0) is 59.6 Å². The zero-order valence-electron chi connectivity index (χ0n) is 21.7. The normalized spacial score (nSPS) is 17.8. The Labute approximate surface area is 212 Å². The summed E-state index contributed by atoms with van der Waals surface area (Å²) in [5.41, 5.74) is 3.83. The van der Waals surface area contributed by atoms with Crippen molar-refractivity contribution in [3.8, 4) is 0 Å². The topological polar surface area (TPSA) is 84.8 Å². The van der Waals surface area contributed by atoms with Gasteiger partial charge in [0.15, 0.2) is 0 Å². The van der Waals surface area contributed by atoms with Crippen LogP contribution in [0.15, 0.2) is 36.4 Å². The molecule has 1 saturated heterocycles. The van der Waals surface area contributed by atoms with Crippen molar-refractivity contribution < 1.29 is 23.8 Å². The zero-order chi connectivity index (χ0) is 26.5. The molecule has 3 atom stereocenters. The zero-order valence-corrected chi connectivity index (χ0v) is 21.7. The fourth-order valence-electron chi connectivity index (χ4n) is 4.80. The second-order valence-corrected chi connectivity index (χ2v) is 11.1. The van der Waals surface area contributed by atoms with E-state index < -0.39 is 23.8 Å². The maximum atomic E-state index is 13.6. The lowest BCUT2D eigenvalue weighted by atomic mass is 9.87. The van der Waals surface area contributed by atoms with E-state index in [1.165, 1.54) is 24.6 Å². The molecule has 3 rings (SSSR count). The highest BCUT2D eigenvalue weighted by Gasteiger charge is 2.24. The molecule has 0 aliphatic carbocycles. The third-order valence-electron chi connectivity index (χ3n) is 6.28. The second-order valence-electron chi connectivity index (χ2n) is 11.1. The third kappa shape index (κ3) is 8.54. The van der Waals surface area contributed by atoms with Crippen molar-refractivity contribution in [2.75, 3.05) is 24.5 Å². The van der Waals surface area contributed by atoms with Gasteiger partial charge in [0.1, 0.15) is 11.6 Å². The molecule has 0 saturated carbocycles. The minimum Gasteiger partial charge on any atom is -0.391 e. The summed E-state index contributed by atoms with van der Waals surface area (Å²) >= 11 is 0. The summed E-state index contributed by atoms with van der Waals surface area (Å²) in [6, 6.07) is 8.90. The monoisotopic (exact) mass is 503 g/mol. The summed E-state index contributed by atoms with van der Waals surface area (Å²) in [7, 11) is 0. The first-order valence-corrected chi connectivity index (χ1v) is 12.6. The number of nitrogens with one attached hydrogen (secondary N) is 2. The number of rotatable bonds is 10. The molecule has 0 bridgehead atoms. The molecule has 36 heavy (non-hydrogen) atoms. The van der Waals surface area contributed by atoms with Crippen LogP contribution in [0.3, 0.4) is 0 Å². The van der Waals surface area contributed by atoms with Crippen LogP contribution in [0.2, 0.25) is 0 Å². The highest BCUT2D eigenvalue weighted by molar-refractivity contribution is 5.73. The van der Waals surface area contributed by atoms with Gasteiger partial charge < -0.3 is 25.7 Å². The fourth-order valence-corrected chi connectivity index (χ4v) is 4.80. The number of amides is 1. The van der Waals surface area contributed by atoms with Crippen LogP contribution in [0.25, 0.3) is 0 Å². The van der Waals surface area contributed by atoms with E-state index in [2.05, 4.69) is 54.5 Å². The predicted molar refractivity (Wildman–Crippen MR) is 138 cm³/mol. The first-order valence-electron chi connectivity index (χ1n) is 12.6. The molecule has 1 amide bonds. The van der Waals surface area contributed by atoms with Crippen LogP contribution in [0.1, 0.15) is 50.8 Å². The van der Waals surface area contributed by atoms with Crippen LogP contribution in [0.5, 0.6) is 0 Å². The van der Waals surface area contributed by atoms with Crippen LogP contribution >= 0.6 is 0 Å². The summed E-state index contributed by atoms with van der Waals surface area (Å²) in [6.07, 6.45) is 0.423. The highest BCUT2D eigenvalue weighted by Crippen LogP contribution is 2.29. The van der Waals surface area contributed by atoms with Crippen molar-refractivity contribution in [1.82, 2.24) is 10.6 Å². The molecule has 1 fully saturated rings. The van der Waals surface area contributed by atoms with Gasteiger partial charge in [-0.15, -0.1) is 0 Å². The predicted octanol–water partition coefficient (Wildman–Crippen LogP) is 3.32. The minimum atomic E-state index is -0.977. The van der Waals surface area contributed by atoms with Gasteiger partial charge in [0.25, 0.3) is 0 Å². The number of hydrogen-bond donors (Lipinski definition) is 4. The number of hydrogen-bond acceptors (Lipinski definition) is 5. The van der Waals surface area contributed by atoms with Crippen molar-refractivity contribution in [3.63, 3.8) is 0 Å². The van der Waals surface area contributed by atoms with Crippen LogP contribution in [-0.4, -0.2) is 54.0 Å². The largest absolute Gasteiger partial charge is 0.391 e. The van der Waals surface area contributed by atoms with Crippen molar-refractivity contribution in [1.29, 1.82) is 0 Å². The molecule has 2 aromatic carbocycles. The maximum absolute atomic E-state index is 13.6. The van der Waals surface area contributed by atoms with Gasteiger partial charge in [-0.2, -0.15) is 0 Å². The number of carbonyl (C=O) groups excluding carboxylic acids is 1. The lowest BCUT2D eigenvalue weighted by molar-refractivity contribution is -0.120. The molecule has 4 N–H and O–H groups in total. The standard InChI is InChI=1S/C28H39F2N3O3/c1-18(34)32-25(12-20-10-22(29)13-23(30)11-20)27(36)16-31-15-21-9-19(14-28(2,3)4)5-6-26(21)33-8-7-24(35)17-33/h5-6,9-11,13,24-25,27,31,35-36H,7-8,12,14-17H2,1-4H3,(H,32,34). The van der Waals surface area contributed by atoms with Crippen molar-refractivity contribution >= 4 is 11.6 Å². The molecule has 8 heteroatoms. The summed E-state index contributed by atoms with van der Waals surface area (Å²) in [5.74, 6) is -1.73. The average molecular weight is 504 g/mol. The van der Waals surface area contributed by atoms with E-state index in [1.54, 1.807) is 0 Å². The van der Waals surface area contributed by atoms with E-state index in [-0.39, 0.29) is 30.4 Å². The first kappa shape index (κ1) is 28.0. The fraction of sp³-hybridized carbons (Fsp3) is 0.536. The molecule has 6 nitrogen and oxygen atoms in total. The number of β-amino-alcohol motifs (C(OH)–C–C–N with tert-alkyl or cyclic N) is 1. The van der Waals surface area contributed by atoms with Crippen LogP contribution in [0, 0.1) is 17.0 Å². The number of halogens is 2. The first-order chi connectivity index (χ1) is 16.9. The van der Waals surface area contributed by atoms with Gasteiger partial charge in [0.2, 0.25) is 5.91 Å². The molecule has 0 spiro atoms. The number of aliphatic hydroxyl groups is 2. The van der Waals surface area contributed by atoms with Gasteiger partial charge in [-0.1, -0.05) is 32.9 Å². The van der Waals surface area contributed by atoms with Gasteiger partial charge >= 0.3 is 0 Å². The summed E-state index contributed by atoms with van der Waals surface area (Å²) < 4.78 is 27.3. The molecule has 198 valence electrons. The SMILES string of the molecule is CC(=O)NC(Cc1cc(F)cc(F)c1)C(O)CNCc1cc(CC(C)(C)C)ccc1N1CCC(O)C1. The van der Waals surface area contributed by atoms with Crippen molar-refractivity contribution in [2.24, 2.45) is 5.41 Å². The highest BCUT2D eigenvalue weighted by atomic mass is 19.1. The number of aliphatic hydroxyl groups excluding tert-OH is 2. The Balaban J connectivity index is 1.71. The van der Waals surface area contributed by atoms with E-state index in [0.717, 1.165) is 36.7 Å². The Bertz CT molecular complexity index is 1020. The number of anilines is 1. The smallest absolute Gasteiger partial charge is 0.217 e. The van der Waals surface area contributed by atoms with E-state index in [4.69, 9.17) is 0 Å². The average Bonchev–Trinajstić information content (AvgIpc) is 3.17. The molecule has 2 aromatic rings. The number of nitrogens with zero attached hydrogens (tertiary/aromatic N) is 1. The van der Waals surface area contributed by atoms with Crippen molar-refractivity contribution in [2.45, 2.75) is 71.8 Å². The van der Waals surface area contributed by atoms with E-state index in [1.807, 2.05) is 0 Å². The van der Waals surface area contributed by atoms with Gasteiger partial charge in [-0.3, -0.25) is 4.79 Å².